The van der Waals surface area contributed by atoms with E-state index in [0.29, 0.717) is 5.92 Å². The molecule has 0 atom stereocenters. The lowest BCUT2D eigenvalue weighted by atomic mass is 9.90. The van der Waals surface area contributed by atoms with Crippen molar-refractivity contribution in [2.24, 2.45) is 0 Å². The Morgan fingerprint density at radius 2 is 1.77 bits per heavy atom. The molecule has 3 heteroatoms. The zero-order valence-electron chi connectivity index (χ0n) is 13.2. The molecule has 1 fully saturated rings. The molecule has 0 bridgehead atoms. The topological polar surface area (TPSA) is 12.0 Å². The lowest BCUT2D eigenvalue weighted by molar-refractivity contribution is 0.454. The third-order valence-electron chi connectivity index (χ3n) is 4.46. The summed E-state index contributed by atoms with van der Waals surface area (Å²) in [7, 11) is 0. The molecule has 1 heterocycles. The summed E-state index contributed by atoms with van der Waals surface area (Å²) >= 11 is 1.75. The predicted octanol–water partition coefficient (Wildman–Crippen LogP) is 5.06. The van der Waals surface area contributed by atoms with E-state index in [1.165, 1.54) is 26.5 Å². The van der Waals surface area contributed by atoms with Crippen LogP contribution >= 0.6 is 11.8 Å². The Kier molecular flexibility index (Phi) is 4.84. The molecule has 1 N–H and O–H groups in total. The molecule has 1 nitrogen and oxygen atoms in total. The molecule has 1 saturated heterocycles. The molecule has 2 aromatic rings. The molecule has 0 radical (unpaired) electrons. The lowest BCUT2D eigenvalue weighted by Gasteiger charge is -2.25. The van der Waals surface area contributed by atoms with Crippen molar-refractivity contribution in [3.05, 3.63) is 58.9 Å². The Hall–Kier alpha value is -1.32. The molecular weight excluding hydrogens is 293 g/mol. The van der Waals surface area contributed by atoms with Crippen LogP contribution in [0.1, 0.15) is 35.4 Å². The van der Waals surface area contributed by atoms with Gasteiger partial charge in [-0.3, -0.25) is 0 Å². The zero-order valence-corrected chi connectivity index (χ0v) is 14.0. The molecule has 0 amide bonds. The summed E-state index contributed by atoms with van der Waals surface area (Å²) in [6, 6.07) is 11.8. The number of piperidine rings is 1. The van der Waals surface area contributed by atoms with Crippen molar-refractivity contribution in [1.82, 2.24) is 5.32 Å². The van der Waals surface area contributed by atoms with Gasteiger partial charge in [-0.1, -0.05) is 17.8 Å². The van der Waals surface area contributed by atoms with Gasteiger partial charge in [0.1, 0.15) is 5.82 Å². The van der Waals surface area contributed by atoms with E-state index < -0.39 is 0 Å². The van der Waals surface area contributed by atoms with E-state index in [4.69, 9.17) is 0 Å². The molecule has 1 aliphatic rings. The number of benzene rings is 2. The van der Waals surface area contributed by atoms with Gasteiger partial charge < -0.3 is 5.32 Å². The molecule has 2 aromatic carbocycles. The number of hydrogen-bond acceptors (Lipinski definition) is 2. The van der Waals surface area contributed by atoms with E-state index in [9.17, 15) is 4.39 Å². The number of hydrogen-bond donors (Lipinski definition) is 1. The van der Waals surface area contributed by atoms with Gasteiger partial charge in [-0.05, 0) is 92.7 Å². The Balaban J connectivity index is 1.90. The summed E-state index contributed by atoms with van der Waals surface area (Å²) < 4.78 is 13.7. The van der Waals surface area contributed by atoms with Crippen LogP contribution in [0.5, 0.6) is 0 Å². The fourth-order valence-corrected chi connectivity index (χ4v) is 4.07. The van der Waals surface area contributed by atoms with Crippen molar-refractivity contribution in [1.29, 1.82) is 0 Å². The van der Waals surface area contributed by atoms with Crippen molar-refractivity contribution in [3.8, 4) is 0 Å². The molecule has 0 unspecified atom stereocenters. The van der Waals surface area contributed by atoms with Crippen LogP contribution in [0.25, 0.3) is 0 Å². The van der Waals surface area contributed by atoms with Crippen molar-refractivity contribution in [2.45, 2.75) is 42.4 Å². The van der Waals surface area contributed by atoms with Gasteiger partial charge in [0, 0.05) is 9.79 Å². The van der Waals surface area contributed by atoms with Gasteiger partial charge in [0.05, 0.1) is 0 Å². The highest BCUT2D eigenvalue weighted by Gasteiger charge is 2.19. The first-order valence-corrected chi connectivity index (χ1v) is 8.70. The molecule has 0 aromatic heterocycles. The van der Waals surface area contributed by atoms with Crippen LogP contribution in [0.4, 0.5) is 4.39 Å². The maximum atomic E-state index is 13.7. The monoisotopic (exact) mass is 315 g/mol. The Labute approximate surface area is 136 Å². The summed E-state index contributed by atoms with van der Waals surface area (Å²) in [5, 5.41) is 3.38. The van der Waals surface area contributed by atoms with E-state index in [0.717, 1.165) is 25.9 Å². The lowest BCUT2D eigenvalue weighted by Crippen LogP contribution is -2.26. The van der Waals surface area contributed by atoms with E-state index in [1.54, 1.807) is 23.9 Å². The smallest absolute Gasteiger partial charge is 0.123 e. The number of halogens is 1. The molecular formula is C19H22FNS. The Morgan fingerprint density at radius 3 is 2.50 bits per heavy atom. The molecule has 1 aliphatic heterocycles. The van der Waals surface area contributed by atoms with Crippen molar-refractivity contribution < 1.29 is 4.39 Å². The standard InChI is InChI=1S/C19H22FNS/c1-13-3-5-17(11-14(13)2)22-19-6-4-16(20)12-18(19)15-7-9-21-10-8-15/h3-6,11-12,15,21H,7-10H2,1-2H3. The molecule has 22 heavy (non-hydrogen) atoms. The number of nitrogens with one attached hydrogen (secondary N) is 1. The number of aryl methyl sites for hydroxylation is 2. The maximum Gasteiger partial charge on any atom is 0.123 e. The van der Waals surface area contributed by atoms with Gasteiger partial charge in [-0.25, -0.2) is 4.39 Å². The Morgan fingerprint density at radius 1 is 1.00 bits per heavy atom. The second-order valence-corrected chi connectivity index (χ2v) is 7.17. The fourth-order valence-electron chi connectivity index (χ4n) is 2.97. The Bertz CT molecular complexity index is 662. The third-order valence-corrected chi connectivity index (χ3v) is 5.54. The normalized spacial score (nSPS) is 16.0. The second-order valence-electron chi connectivity index (χ2n) is 6.05. The highest BCUT2D eigenvalue weighted by Crippen LogP contribution is 2.38. The largest absolute Gasteiger partial charge is 0.317 e. The van der Waals surface area contributed by atoms with Crippen molar-refractivity contribution in [2.75, 3.05) is 13.1 Å². The van der Waals surface area contributed by atoms with Gasteiger partial charge in [0.15, 0.2) is 0 Å². The summed E-state index contributed by atoms with van der Waals surface area (Å²) in [6.45, 7) is 6.31. The van der Waals surface area contributed by atoms with Crippen LogP contribution in [0, 0.1) is 19.7 Å². The second kappa shape index (κ2) is 6.84. The highest BCUT2D eigenvalue weighted by molar-refractivity contribution is 7.99. The van der Waals surface area contributed by atoms with Gasteiger partial charge in [0.2, 0.25) is 0 Å². The van der Waals surface area contributed by atoms with Crippen LogP contribution in [0.3, 0.4) is 0 Å². The summed E-state index contributed by atoms with van der Waals surface area (Å²) in [5.41, 5.74) is 3.78. The predicted molar refractivity (Wildman–Crippen MR) is 91.3 cm³/mol. The first-order chi connectivity index (χ1) is 10.6. The zero-order chi connectivity index (χ0) is 15.5. The first-order valence-electron chi connectivity index (χ1n) is 7.89. The van der Waals surface area contributed by atoms with E-state index in [2.05, 4.69) is 37.4 Å². The average Bonchev–Trinajstić information content (AvgIpc) is 2.53. The van der Waals surface area contributed by atoms with Gasteiger partial charge in [0.25, 0.3) is 0 Å². The van der Waals surface area contributed by atoms with Crippen LogP contribution in [-0.4, -0.2) is 13.1 Å². The van der Waals surface area contributed by atoms with Crippen LogP contribution in [0.2, 0.25) is 0 Å². The quantitative estimate of drug-likeness (QED) is 0.849. The van der Waals surface area contributed by atoms with Crippen molar-refractivity contribution >= 4 is 11.8 Å². The molecule has 3 rings (SSSR count). The van der Waals surface area contributed by atoms with Crippen molar-refractivity contribution in [3.63, 3.8) is 0 Å². The minimum Gasteiger partial charge on any atom is -0.317 e. The highest BCUT2D eigenvalue weighted by atomic mass is 32.2. The van der Waals surface area contributed by atoms with Crippen LogP contribution in [-0.2, 0) is 0 Å². The van der Waals surface area contributed by atoms with Crippen LogP contribution in [0.15, 0.2) is 46.2 Å². The minimum absolute atomic E-state index is 0.127. The molecule has 0 saturated carbocycles. The van der Waals surface area contributed by atoms with E-state index in [-0.39, 0.29) is 5.82 Å². The first kappa shape index (κ1) is 15.6. The third kappa shape index (κ3) is 3.53. The van der Waals surface area contributed by atoms with Crippen LogP contribution < -0.4 is 5.32 Å². The maximum absolute atomic E-state index is 13.7. The molecule has 116 valence electrons. The van der Waals surface area contributed by atoms with Gasteiger partial charge >= 0.3 is 0 Å². The fraction of sp³-hybridized carbons (Fsp3) is 0.368. The molecule has 0 aliphatic carbocycles. The van der Waals surface area contributed by atoms with E-state index >= 15 is 0 Å². The minimum atomic E-state index is -0.127. The number of rotatable bonds is 3. The van der Waals surface area contributed by atoms with E-state index in [1.807, 2.05) is 6.07 Å². The summed E-state index contributed by atoms with van der Waals surface area (Å²) in [5.74, 6) is 0.337. The SMILES string of the molecule is Cc1ccc(Sc2ccc(F)cc2C2CCNCC2)cc1C. The summed E-state index contributed by atoms with van der Waals surface area (Å²) in [6.07, 6.45) is 2.17. The average molecular weight is 315 g/mol. The molecule has 0 spiro atoms. The van der Waals surface area contributed by atoms with Gasteiger partial charge in [-0.15, -0.1) is 0 Å². The van der Waals surface area contributed by atoms with Gasteiger partial charge in [-0.2, -0.15) is 0 Å². The summed E-state index contributed by atoms with van der Waals surface area (Å²) in [4.78, 5) is 2.42.